The molecule has 1 N–H and O–H groups in total. The van der Waals surface area contributed by atoms with Crippen LogP contribution >= 0.6 is 0 Å². The lowest BCUT2D eigenvalue weighted by molar-refractivity contribution is 0.0950. The molecular weight excluding hydrogens is 312 g/mol. The van der Waals surface area contributed by atoms with Gasteiger partial charge in [0.05, 0.1) is 17.4 Å². The lowest BCUT2D eigenvalue weighted by atomic mass is 9.95. The van der Waals surface area contributed by atoms with Gasteiger partial charge in [0.2, 0.25) is 0 Å². The molecule has 0 unspecified atom stereocenters. The maximum atomic E-state index is 12.4. The van der Waals surface area contributed by atoms with E-state index >= 15 is 0 Å². The van der Waals surface area contributed by atoms with Crippen molar-refractivity contribution in [3.8, 4) is 0 Å². The van der Waals surface area contributed by atoms with Crippen molar-refractivity contribution in [2.24, 2.45) is 0 Å². The highest BCUT2D eigenvalue weighted by atomic mass is 16.1. The predicted molar refractivity (Wildman–Crippen MR) is 99.9 cm³/mol. The van der Waals surface area contributed by atoms with Crippen molar-refractivity contribution >= 4 is 16.9 Å². The molecule has 2 heterocycles. The molecule has 1 saturated heterocycles. The molecule has 1 saturated carbocycles. The quantitative estimate of drug-likeness (QED) is 0.908. The molecule has 0 spiro atoms. The van der Waals surface area contributed by atoms with Crippen molar-refractivity contribution in [2.75, 3.05) is 26.2 Å². The second-order valence-corrected chi connectivity index (χ2v) is 7.45. The lowest BCUT2D eigenvalue weighted by Gasteiger charge is -2.23. The monoisotopic (exact) mass is 340 g/mol. The second-order valence-electron chi connectivity index (χ2n) is 7.45. The number of carbonyl (C=O) groups is 1. The molecule has 1 amide bonds. The van der Waals surface area contributed by atoms with E-state index in [2.05, 4.69) is 25.8 Å². The van der Waals surface area contributed by atoms with Crippen molar-refractivity contribution < 1.29 is 4.79 Å². The number of carbonyl (C=O) groups excluding carboxylic acids is 1. The van der Waals surface area contributed by atoms with Gasteiger partial charge in [0, 0.05) is 24.7 Å². The number of imidazole rings is 1. The van der Waals surface area contributed by atoms with Gasteiger partial charge in [-0.15, -0.1) is 0 Å². The highest BCUT2D eigenvalue weighted by Gasteiger charge is 2.18. The van der Waals surface area contributed by atoms with Crippen LogP contribution in [0.3, 0.4) is 0 Å². The fourth-order valence-electron chi connectivity index (χ4n) is 4.26. The average molecular weight is 340 g/mol. The Morgan fingerprint density at radius 1 is 1.12 bits per heavy atom. The SMILES string of the molecule is O=C(NCCN1CCCC1)c1ccc2c(c1)ncn2C1CCCCC1. The van der Waals surface area contributed by atoms with Gasteiger partial charge in [-0.25, -0.2) is 4.98 Å². The van der Waals surface area contributed by atoms with Gasteiger partial charge in [-0.2, -0.15) is 0 Å². The molecule has 5 heteroatoms. The van der Waals surface area contributed by atoms with Gasteiger partial charge in [-0.1, -0.05) is 19.3 Å². The fourth-order valence-corrected chi connectivity index (χ4v) is 4.26. The molecule has 2 aliphatic rings. The Morgan fingerprint density at radius 3 is 2.72 bits per heavy atom. The predicted octanol–water partition coefficient (Wildman–Crippen LogP) is 3.37. The Kier molecular flexibility index (Phi) is 5.02. The first kappa shape index (κ1) is 16.6. The summed E-state index contributed by atoms with van der Waals surface area (Å²) in [6.07, 6.45) is 11.0. The molecule has 0 atom stereocenters. The zero-order valence-electron chi connectivity index (χ0n) is 14.9. The molecule has 2 aromatic rings. The van der Waals surface area contributed by atoms with E-state index in [4.69, 9.17) is 0 Å². The maximum absolute atomic E-state index is 12.4. The van der Waals surface area contributed by atoms with Gasteiger partial charge in [0.1, 0.15) is 0 Å². The van der Waals surface area contributed by atoms with Crippen LogP contribution in [-0.4, -0.2) is 46.5 Å². The molecule has 1 aliphatic heterocycles. The van der Waals surface area contributed by atoms with Gasteiger partial charge in [-0.05, 0) is 57.0 Å². The number of rotatable bonds is 5. The van der Waals surface area contributed by atoms with Gasteiger partial charge >= 0.3 is 0 Å². The third-order valence-electron chi connectivity index (χ3n) is 5.72. The molecule has 25 heavy (non-hydrogen) atoms. The lowest BCUT2D eigenvalue weighted by Crippen LogP contribution is -2.33. The summed E-state index contributed by atoms with van der Waals surface area (Å²) in [5.74, 6) is 0.00770. The number of aromatic nitrogens is 2. The molecule has 1 aliphatic carbocycles. The number of likely N-dealkylation sites (tertiary alicyclic amines) is 1. The maximum Gasteiger partial charge on any atom is 0.251 e. The Hall–Kier alpha value is -1.88. The van der Waals surface area contributed by atoms with E-state index in [0.717, 1.165) is 17.6 Å². The van der Waals surface area contributed by atoms with Crippen molar-refractivity contribution in [3.63, 3.8) is 0 Å². The largest absolute Gasteiger partial charge is 0.351 e. The molecule has 4 rings (SSSR count). The fraction of sp³-hybridized carbons (Fsp3) is 0.600. The van der Waals surface area contributed by atoms with Crippen LogP contribution in [0.5, 0.6) is 0 Å². The third kappa shape index (κ3) is 3.71. The van der Waals surface area contributed by atoms with Gasteiger partial charge in [-0.3, -0.25) is 4.79 Å². The normalized spacial score (nSPS) is 19.5. The number of hydrogen-bond acceptors (Lipinski definition) is 3. The van der Waals surface area contributed by atoms with E-state index < -0.39 is 0 Å². The Bertz CT molecular complexity index is 726. The van der Waals surface area contributed by atoms with E-state index in [1.807, 2.05) is 18.5 Å². The zero-order chi connectivity index (χ0) is 17.1. The average Bonchev–Trinajstić information content (AvgIpc) is 3.31. The summed E-state index contributed by atoms with van der Waals surface area (Å²) >= 11 is 0. The van der Waals surface area contributed by atoms with Crippen molar-refractivity contribution in [2.45, 2.75) is 51.0 Å². The van der Waals surface area contributed by atoms with E-state index in [1.165, 1.54) is 58.0 Å². The van der Waals surface area contributed by atoms with Crippen molar-refractivity contribution in [1.29, 1.82) is 0 Å². The molecular formula is C20H28N4O. The highest BCUT2D eigenvalue weighted by molar-refractivity contribution is 5.97. The first-order valence-corrected chi connectivity index (χ1v) is 9.78. The van der Waals surface area contributed by atoms with E-state index in [-0.39, 0.29) is 5.91 Å². The molecule has 0 bridgehead atoms. The van der Waals surface area contributed by atoms with Crippen LogP contribution in [0.25, 0.3) is 11.0 Å². The molecule has 1 aromatic heterocycles. The standard InChI is InChI=1S/C20H28N4O/c25-20(21-10-13-23-11-4-5-12-23)16-8-9-19-18(14-16)22-15-24(19)17-6-2-1-3-7-17/h8-9,14-15,17H,1-7,10-13H2,(H,21,25). The summed E-state index contributed by atoms with van der Waals surface area (Å²) in [5.41, 5.74) is 2.79. The summed E-state index contributed by atoms with van der Waals surface area (Å²) in [6.45, 7) is 4.00. The minimum atomic E-state index is 0.00770. The second kappa shape index (κ2) is 7.56. The topological polar surface area (TPSA) is 50.2 Å². The summed E-state index contributed by atoms with van der Waals surface area (Å²) in [5, 5.41) is 3.05. The number of benzene rings is 1. The first-order chi connectivity index (χ1) is 12.3. The van der Waals surface area contributed by atoms with Crippen LogP contribution in [-0.2, 0) is 0 Å². The number of fused-ring (bicyclic) bond motifs is 1. The van der Waals surface area contributed by atoms with Crippen LogP contribution in [0.4, 0.5) is 0 Å². The Morgan fingerprint density at radius 2 is 1.92 bits per heavy atom. The molecule has 134 valence electrons. The summed E-state index contributed by atoms with van der Waals surface area (Å²) in [7, 11) is 0. The van der Waals surface area contributed by atoms with E-state index in [1.54, 1.807) is 0 Å². The molecule has 0 radical (unpaired) electrons. The first-order valence-electron chi connectivity index (χ1n) is 9.78. The minimum absolute atomic E-state index is 0.00770. The Labute approximate surface area is 149 Å². The van der Waals surface area contributed by atoms with Gasteiger partial charge in [0.25, 0.3) is 5.91 Å². The van der Waals surface area contributed by atoms with E-state index in [9.17, 15) is 4.79 Å². The zero-order valence-corrected chi connectivity index (χ0v) is 14.9. The summed E-state index contributed by atoms with van der Waals surface area (Å²) in [4.78, 5) is 19.4. The van der Waals surface area contributed by atoms with Crippen LogP contribution in [0.1, 0.15) is 61.3 Å². The van der Waals surface area contributed by atoms with Crippen molar-refractivity contribution in [1.82, 2.24) is 19.8 Å². The molecule has 5 nitrogen and oxygen atoms in total. The molecule has 2 fully saturated rings. The summed E-state index contributed by atoms with van der Waals surface area (Å²) < 4.78 is 2.31. The van der Waals surface area contributed by atoms with E-state index in [0.29, 0.717) is 18.2 Å². The third-order valence-corrected chi connectivity index (χ3v) is 5.72. The Balaban J connectivity index is 1.41. The summed E-state index contributed by atoms with van der Waals surface area (Å²) in [6, 6.07) is 6.50. The number of nitrogens with zero attached hydrogens (tertiary/aromatic N) is 3. The van der Waals surface area contributed by atoms with Crippen LogP contribution in [0, 0.1) is 0 Å². The van der Waals surface area contributed by atoms with Crippen molar-refractivity contribution in [3.05, 3.63) is 30.1 Å². The number of hydrogen-bond donors (Lipinski definition) is 1. The van der Waals surface area contributed by atoms with Crippen LogP contribution in [0.2, 0.25) is 0 Å². The smallest absolute Gasteiger partial charge is 0.251 e. The van der Waals surface area contributed by atoms with Gasteiger partial charge < -0.3 is 14.8 Å². The highest BCUT2D eigenvalue weighted by Crippen LogP contribution is 2.30. The number of amides is 1. The number of nitrogens with one attached hydrogen (secondary N) is 1. The van der Waals surface area contributed by atoms with Crippen LogP contribution < -0.4 is 5.32 Å². The minimum Gasteiger partial charge on any atom is -0.351 e. The molecule has 1 aromatic carbocycles. The van der Waals surface area contributed by atoms with Gasteiger partial charge in [0.15, 0.2) is 0 Å². The van der Waals surface area contributed by atoms with Crippen LogP contribution in [0.15, 0.2) is 24.5 Å².